The van der Waals surface area contributed by atoms with Crippen LogP contribution >= 0.6 is 0 Å². The van der Waals surface area contributed by atoms with Crippen molar-refractivity contribution in [2.24, 2.45) is 0 Å². The van der Waals surface area contributed by atoms with Gasteiger partial charge < -0.3 is 0 Å². The Hall–Kier alpha value is -3.20. The highest BCUT2D eigenvalue weighted by molar-refractivity contribution is 5.78. The Morgan fingerprint density at radius 2 is 1.76 bits per heavy atom. The van der Waals surface area contributed by atoms with Gasteiger partial charge in [-0.3, -0.25) is 4.57 Å². The SMILES string of the molecule is C=C/C=C(\C=C/C)c1nnc(-c2ccccc2)n1/C(C=C)=C/C=C\C. The van der Waals surface area contributed by atoms with Crippen molar-refractivity contribution in [1.82, 2.24) is 14.8 Å². The van der Waals surface area contributed by atoms with Crippen LogP contribution in [-0.4, -0.2) is 14.8 Å². The summed E-state index contributed by atoms with van der Waals surface area (Å²) in [4.78, 5) is 0. The Morgan fingerprint density at radius 1 is 1.00 bits per heavy atom. The van der Waals surface area contributed by atoms with E-state index in [0.717, 1.165) is 28.5 Å². The highest BCUT2D eigenvalue weighted by Gasteiger charge is 2.17. The summed E-state index contributed by atoms with van der Waals surface area (Å²) < 4.78 is 2.01. The molecule has 0 atom stereocenters. The standard InChI is InChI=1S/C22H23N3/c1-5-9-17-20(8-4)25-21(18(13-6-2)14-7-3)23-24-22(25)19-15-11-10-12-16-19/h5-17H,2,4H2,1,3H3/b9-5-,14-7-,18-13+,20-17+. The molecule has 0 unspecified atom stereocenters. The molecule has 25 heavy (non-hydrogen) atoms. The van der Waals surface area contributed by atoms with Gasteiger partial charge in [-0.2, -0.15) is 0 Å². The molecule has 1 aromatic heterocycles. The summed E-state index contributed by atoms with van der Waals surface area (Å²) in [6.07, 6.45) is 15.4. The fraction of sp³-hybridized carbons (Fsp3) is 0.0909. The lowest BCUT2D eigenvalue weighted by Gasteiger charge is -2.12. The van der Waals surface area contributed by atoms with Crippen LogP contribution in [0.3, 0.4) is 0 Å². The number of rotatable bonds is 7. The monoisotopic (exact) mass is 329 g/mol. The smallest absolute Gasteiger partial charge is 0.168 e. The quantitative estimate of drug-likeness (QED) is 0.611. The van der Waals surface area contributed by atoms with Gasteiger partial charge in [-0.05, 0) is 26.0 Å². The summed E-state index contributed by atoms with van der Waals surface area (Å²) in [5.74, 6) is 1.51. The molecule has 0 bridgehead atoms. The number of benzene rings is 1. The molecule has 126 valence electrons. The molecule has 2 aromatic rings. The summed E-state index contributed by atoms with van der Waals surface area (Å²) >= 11 is 0. The van der Waals surface area contributed by atoms with Crippen LogP contribution in [0.1, 0.15) is 19.7 Å². The Balaban J connectivity index is 2.77. The molecule has 1 heterocycles. The van der Waals surface area contributed by atoms with Crippen molar-refractivity contribution >= 4 is 11.3 Å². The van der Waals surface area contributed by atoms with E-state index in [1.165, 1.54) is 0 Å². The van der Waals surface area contributed by atoms with Crippen LogP contribution in [0.15, 0.2) is 92.1 Å². The highest BCUT2D eigenvalue weighted by Crippen LogP contribution is 2.27. The molecule has 0 aliphatic heterocycles. The molecule has 0 fully saturated rings. The molecular weight excluding hydrogens is 306 g/mol. The van der Waals surface area contributed by atoms with E-state index in [1.807, 2.05) is 85.2 Å². The lowest BCUT2D eigenvalue weighted by molar-refractivity contribution is 1.05. The van der Waals surface area contributed by atoms with Crippen LogP contribution in [0.25, 0.3) is 22.7 Å². The summed E-state index contributed by atoms with van der Waals surface area (Å²) in [5, 5.41) is 8.88. The van der Waals surface area contributed by atoms with Gasteiger partial charge in [0.1, 0.15) is 0 Å². The Bertz CT molecular complexity index is 847. The first-order valence-electron chi connectivity index (χ1n) is 8.19. The number of hydrogen-bond donors (Lipinski definition) is 0. The minimum Gasteiger partial charge on any atom is -0.275 e. The maximum Gasteiger partial charge on any atom is 0.168 e. The highest BCUT2D eigenvalue weighted by atomic mass is 15.3. The molecule has 3 nitrogen and oxygen atoms in total. The molecule has 3 heteroatoms. The third-order valence-corrected chi connectivity index (χ3v) is 3.52. The molecule has 0 spiro atoms. The Labute approximate surface area is 149 Å². The molecule has 0 aliphatic carbocycles. The molecule has 0 radical (unpaired) electrons. The maximum absolute atomic E-state index is 4.44. The number of hydrogen-bond acceptors (Lipinski definition) is 2. The zero-order valence-electron chi connectivity index (χ0n) is 14.8. The van der Waals surface area contributed by atoms with Crippen molar-refractivity contribution in [1.29, 1.82) is 0 Å². The van der Waals surface area contributed by atoms with E-state index < -0.39 is 0 Å². The van der Waals surface area contributed by atoms with Crippen LogP contribution < -0.4 is 0 Å². The van der Waals surface area contributed by atoms with E-state index in [2.05, 4.69) is 23.4 Å². The van der Waals surface area contributed by atoms with Gasteiger partial charge in [0.25, 0.3) is 0 Å². The summed E-state index contributed by atoms with van der Waals surface area (Å²) in [7, 11) is 0. The van der Waals surface area contributed by atoms with Crippen LogP contribution in [0, 0.1) is 0 Å². The molecule has 0 aliphatic rings. The predicted octanol–water partition coefficient (Wildman–Crippen LogP) is 5.69. The fourth-order valence-electron chi connectivity index (χ4n) is 2.43. The third-order valence-electron chi connectivity index (χ3n) is 3.52. The van der Waals surface area contributed by atoms with Crippen molar-refractivity contribution < 1.29 is 0 Å². The van der Waals surface area contributed by atoms with Gasteiger partial charge in [0.05, 0.1) is 0 Å². The molecule has 0 saturated carbocycles. The summed E-state index contributed by atoms with van der Waals surface area (Å²) in [5.41, 5.74) is 2.82. The summed E-state index contributed by atoms with van der Waals surface area (Å²) in [6, 6.07) is 10.0. The van der Waals surface area contributed by atoms with E-state index in [4.69, 9.17) is 0 Å². The van der Waals surface area contributed by atoms with Gasteiger partial charge in [0, 0.05) is 16.8 Å². The van der Waals surface area contributed by atoms with E-state index in [1.54, 1.807) is 12.2 Å². The van der Waals surface area contributed by atoms with E-state index in [-0.39, 0.29) is 0 Å². The van der Waals surface area contributed by atoms with E-state index in [0.29, 0.717) is 0 Å². The topological polar surface area (TPSA) is 30.7 Å². The molecule has 0 N–H and O–H groups in total. The minimum absolute atomic E-state index is 0.743. The molecule has 0 amide bonds. The molecule has 0 saturated heterocycles. The summed E-state index contributed by atoms with van der Waals surface area (Å²) in [6.45, 7) is 11.7. The van der Waals surface area contributed by atoms with Crippen LogP contribution in [-0.2, 0) is 0 Å². The van der Waals surface area contributed by atoms with Crippen molar-refractivity contribution in [3.63, 3.8) is 0 Å². The number of aromatic nitrogens is 3. The molecule has 1 aromatic carbocycles. The molecular formula is C22H23N3. The molecule has 2 rings (SSSR count). The third kappa shape index (κ3) is 4.21. The number of allylic oxidation sites excluding steroid dienone is 10. The first kappa shape index (κ1) is 18.1. The lowest BCUT2D eigenvalue weighted by Crippen LogP contribution is -2.03. The second-order valence-electron chi connectivity index (χ2n) is 5.23. The van der Waals surface area contributed by atoms with Crippen LogP contribution in [0.4, 0.5) is 0 Å². The lowest BCUT2D eigenvalue weighted by atomic mass is 10.1. The van der Waals surface area contributed by atoms with Gasteiger partial charge in [-0.25, -0.2) is 0 Å². The zero-order valence-corrected chi connectivity index (χ0v) is 14.8. The van der Waals surface area contributed by atoms with Gasteiger partial charge in [0.2, 0.25) is 0 Å². The van der Waals surface area contributed by atoms with Crippen LogP contribution in [0.2, 0.25) is 0 Å². The van der Waals surface area contributed by atoms with Crippen molar-refractivity contribution in [3.8, 4) is 11.4 Å². The second-order valence-corrected chi connectivity index (χ2v) is 5.23. The van der Waals surface area contributed by atoms with Crippen molar-refractivity contribution in [2.75, 3.05) is 0 Å². The first-order chi connectivity index (χ1) is 12.3. The normalized spacial score (nSPS) is 12.9. The van der Waals surface area contributed by atoms with Gasteiger partial charge in [0.15, 0.2) is 11.6 Å². The van der Waals surface area contributed by atoms with Gasteiger partial charge >= 0.3 is 0 Å². The van der Waals surface area contributed by atoms with Crippen molar-refractivity contribution in [2.45, 2.75) is 13.8 Å². The zero-order chi connectivity index (χ0) is 18.1. The van der Waals surface area contributed by atoms with Gasteiger partial charge in [-0.1, -0.05) is 79.9 Å². The average molecular weight is 329 g/mol. The Morgan fingerprint density at radius 3 is 2.36 bits per heavy atom. The average Bonchev–Trinajstić information content (AvgIpc) is 3.08. The maximum atomic E-state index is 4.44. The van der Waals surface area contributed by atoms with Crippen molar-refractivity contribution in [3.05, 3.63) is 97.9 Å². The predicted molar refractivity (Wildman–Crippen MR) is 108 cm³/mol. The number of nitrogens with zero attached hydrogens (tertiary/aromatic N) is 3. The second kappa shape index (κ2) is 9.18. The van der Waals surface area contributed by atoms with E-state index in [9.17, 15) is 0 Å². The minimum atomic E-state index is 0.743. The Kier molecular flexibility index (Phi) is 6.66. The van der Waals surface area contributed by atoms with Gasteiger partial charge in [-0.15, -0.1) is 10.2 Å². The fourth-order valence-corrected chi connectivity index (χ4v) is 2.43. The van der Waals surface area contributed by atoms with Crippen LogP contribution in [0.5, 0.6) is 0 Å². The van der Waals surface area contributed by atoms with E-state index >= 15 is 0 Å². The first-order valence-corrected chi connectivity index (χ1v) is 8.19. The largest absolute Gasteiger partial charge is 0.275 e.